The number of nitrogens with zero attached hydrogens (tertiary/aromatic N) is 2. The Hall–Kier alpha value is -2.21. The van der Waals surface area contributed by atoms with E-state index in [1.165, 1.54) is 28.4 Å². The lowest BCUT2D eigenvalue weighted by molar-refractivity contribution is -0.133. The third kappa shape index (κ3) is 4.20. The van der Waals surface area contributed by atoms with Crippen LogP contribution in [0.3, 0.4) is 0 Å². The molecular weight excluding hydrogens is 327 g/mol. The highest BCUT2D eigenvalue weighted by Gasteiger charge is 2.23. The summed E-state index contributed by atoms with van der Waals surface area (Å²) in [4.78, 5) is 28.6. The maximum absolute atomic E-state index is 13.1. The summed E-state index contributed by atoms with van der Waals surface area (Å²) in [6, 6.07) is 9.49. The van der Waals surface area contributed by atoms with Gasteiger partial charge in [0, 0.05) is 13.6 Å². The highest BCUT2D eigenvalue weighted by atomic mass is 32.1. The van der Waals surface area contributed by atoms with Crippen molar-refractivity contribution < 1.29 is 14.0 Å². The van der Waals surface area contributed by atoms with E-state index in [0.717, 1.165) is 5.56 Å². The Balaban J connectivity index is 2.05. The van der Waals surface area contributed by atoms with Gasteiger partial charge in [-0.15, -0.1) is 11.3 Å². The lowest BCUT2D eigenvalue weighted by Crippen LogP contribution is -2.42. The molecular formula is C18H21FN2O2S. The monoisotopic (exact) mass is 348 g/mol. The van der Waals surface area contributed by atoms with Gasteiger partial charge in [0.2, 0.25) is 5.91 Å². The van der Waals surface area contributed by atoms with Crippen molar-refractivity contribution in [2.24, 2.45) is 0 Å². The van der Waals surface area contributed by atoms with Gasteiger partial charge >= 0.3 is 0 Å². The maximum Gasteiger partial charge on any atom is 0.264 e. The van der Waals surface area contributed by atoms with Crippen LogP contribution in [0.1, 0.15) is 35.1 Å². The molecule has 1 heterocycles. The van der Waals surface area contributed by atoms with Gasteiger partial charge in [-0.1, -0.05) is 18.2 Å². The first-order valence-electron chi connectivity index (χ1n) is 7.78. The van der Waals surface area contributed by atoms with Gasteiger partial charge in [0.05, 0.1) is 17.5 Å². The molecule has 2 amide bonds. The molecule has 128 valence electrons. The van der Waals surface area contributed by atoms with E-state index < -0.39 is 0 Å². The van der Waals surface area contributed by atoms with Crippen LogP contribution in [0, 0.1) is 5.82 Å². The summed E-state index contributed by atoms with van der Waals surface area (Å²) in [6.45, 7) is 4.31. The second-order valence-electron chi connectivity index (χ2n) is 5.55. The molecule has 0 aliphatic heterocycles. The van der Waals surface area contributed by atoms with Crippen molar-refractivity contribution in [1.29, 1.82) is 0 Å². The van der Waals surface area contributed by atoms with Crippen molar-refractivity contribution in [2.75, 3.05) is 20.1 Å². The smallest absolute Gasteiger partial charge is 0.264 e. The predicted molar refractivity (Wildman–Crippen MR) is 93.5 cm³/mol. The third-order valence-electron chi connectivity index (χ3n) is 3.93. The van der Waals surface area contributed by atoms with Gasteiger partial charge in [0.1, 0.15) is 5.82 Å². The summed E-state index contributed by atoms with van der Waals surface area (Å²) in [5.74, 6) is -0.604. The molecule has 0 saturated carbocycles. The van der Waals surface area contributed by atoms with Crippen molar-refractivity contribution in [3.05, 3.63) is 58.0 Å². The number of rotatable bonds is 6. The summed E-state index contributed by atoms with van der Waals surface area (Å²) in [7, 11) is 1.62. The minimum atomic E-state index is -0.304. The Kier molecular flexibility index (Phi) is 6.09. The highest BCUT2D eigenvalue weighted by molar-refractivity contribution is 7.12. The molecule has 1 unspecified atom stereocenters. The zero-order valence-electron chi connectivity index (χ0n) is 14.0. The van der Waals surface area contributed by atoms with E-state index in [2.05, 4.69) is 0 Å². The molecule has 1 atom stereocenters. The van der Waals surface area contributed by atoms with E-state index in [1.54, 1.807) is 30.1 Å². The topological polar surface area (TPSA) is 40.6 Å². The van der Waals surface area contributed by atoms with Crippen molar-refractivity contribution in [1.82, 2.24) is 9.80 Å². The van der Waals surface area contributed by atoms with Crippen LogP contribution in [0.2, 0.25) is 0 Å². The molecule has 0 radical (unpaired) electrons. The van der Waals surface area contributed by atoms with E-state index >= 15 is 0 Å². The number of carbonyl (C=O) groups excluding carboxylic acids is 2. The van der Waals surface area contributed by atoms with Crippen molar-refractivity contribution >= 4 is 23.2 Å². The van der Waals surface area contributed by atoms with Crippen LogP contribution in [0.25, 0.3) is 0 Å². The SMILES string of the molecule is CCN(C(=O)CN(C)C(=O)c1cccs1)C(C)c1ccc(F)cc1. The molecule has 0 aliphatic rings. The average Bonchev–Trinajstić information content (AvgIpc) is 3.09. The highest BCUT2D eigenvalue weighted by Crippen LogP contribution is 2.21. The van der Waals surface area contributed by atoms with Gasteiger partial charge in [-0.2, -0.15) is 0 Å². The van der Waals surface area contributed by atoms with Gasteiger partial charge < -0.3 is 9.80 Å². The minimum absolute atomic E-state index is 0.0100. The zero-order valence-corrected chi connectivity index (χ0v) is 14.8. The molecule has 0 N–H and O–H groups in total. The average molecular weight is 348 g/mol. The summed E-state index contributed by atoms with van der Waals surface area (Å²) in [5.41, 5.74) is 0.860. The maximum atomic E-state index is 13.1. The lowest BCUT2D eigenvalue weighted by Gasteiger charge is -2.30. The second-order valence-corrected chi connectivity index (χ2v) is 6.49. The Morgan fingerprint density at radius 1 is 1.21 bits per heavy atom. The summed E-state index contributed by atoms with van der Waals surface area (Å²) in [5, 5.41) is 1.83. The lowest BCUT2D eigenvalue weighted by atomic mass is 10.1. The third-order valence-corrected chi connectivity index (χ3v) is 4.79. The molecule has 0 fully saturated rings. The van der Waals surface area contributed by atoms with E-state index in [9.17, 15) is 14.0 Å². The van der Waals surface area contributed by atoms with Crippen molar-refractivity contribution in [3.8, 4) is 0 Å². The van der Waals surface area contributed by atoms with Gasteiger partial charge in [0.15, 0.2) is 0 Å². The first-order valence-corrected chi connectivity index (χ1v) is 8.66. The van der Waals surface area contributed by atoms with Crippen LogP contribution < -0.4 is 0 Å². The predicted octanol–water partition coefficient (Wildman–Crippen LogP) is 3.57. The number of hydrogen-bond acceptors (Lipinski definition) is 3. The summed E-state index contributed by atoms with van der Waals surface area (Å²) in [6.07, 6.45) is 0. The molecule has 0 spiro atoms. The minimum Gasteiger partial charge on any atom is -0.335 e. The van der Waals surface area contributed by atoms with Crippen LogP contribution >= 0.6 is 11.3 Å². The Morgan fingerprint density at radius 3 is 2.42 bits per heavy atom. The molecule has 4 nitrogen and oxygen atoms in total. The molecule has 0 aliphatic carbocycles. The first-order chi connectivity index (χ1) is 11.4. The van der Waals surface area contributed by atoms with E-state index in [0.29, 0.717) is 11.4 Å². The number of amides is 2. The molecule has 2 aromatic rings. The number of carbonyl (C=O) groups is 2. The fourth-order valence-corrected chi connectivity index (χ4v) is 3.26. The van der Waals surface area contributed by atoms with Crippen molar-refractivity contribution in [2.45, 2.75) is 19.9 Å². The van der Waals surface area contributed by atoms with Crippen LogP contribution in [-0.4, -0.2) is 41.8 Å². The number of likely N-dealkylation sites (N-methyl/N-ethyl adjacent to an activating group) is 2. The fraction of sp³-hybridized carbons (Fsp3) is 0.333. The molecule has 1 aromatic carbocycles. The molecule has 6 heteroatoms. The normalized spacial score (nSPS) is 11.8. The number of hydrogen-bond donors (Lipinski definition) is 0. The van der Waals surface area contributed by atoms with Crippen LogP contribution in [0.5, 0.6) is 0 Å². The van der Waals surface area contributed by atoms with E-state index in [4.69, 9.17) is 0 Å². The standard InChI is InChI=1S/C18H21FN2O2S/c1-4-21(13(2)14-7-9-15(19)10-8-14)17(22)12-20(3)18(23)16-6-5-11-24-16/h5-11,13H,4,12H2,1-3H3. The molecule has 2 rings (SSSR count). The summed E-state index contributed by atoms with van der Waals surface area (Å²) >= 11 is 1.35. The van der Waals surface area contributed by atoms with Gasteiger partial charge in [0.25, 0.3) is 5.91 Å². The molecule has 24 heavy (non-hydrogen) atoms. The van der Waals surface area contributed by atoms with E-state index in [1.807, 2.05) is 25.3 Å². The van der Waals surface area contributed by atoms with Gasteiger partial charge in [-0.05, 0) is 43.0 Å². The van der Waals surface area contributed by atoms with Crippen LogP contribution in [0.4, 0.5) is 4.39 Å². The Morgan fingerprint density at radius 2 is 1.88 bits per heavy atom. The Bertz CT molecular complexity index is 686. The number of thiophene rings is 1. The summed E-state index contributed by atoms with van der Waals surface area (Å²) < 4.78 is 13.1. The fourth-order valence-electron chi connectivity index (χ4n) is 2.54. The Labute approximate surface area is 145 Å². The second kappa shape index (κ2) is 8.06. The molecule has 0 saturated heterocycles. The van der Waals surface area contributed by atoms with Crippen LogP contribution in [0.15, 0.2) is 41.8 Å². The molecule has 1 aromatic heterocycles. The van der Waals surface area contributed by atoms with Crippen molar-refractivity contribution in [3.63, 3.8) is 0 Å². The van der Waals surface area contributed by atoms with Gasteiger partial charge in [-0.3, -0.25) is 9.59 Å². The quantitative estimate of drug-likeness (QED) is 0.801. The largest absolute Gasteiger partial charge is 0.335 e. The van der Waals surface area contributed by atoms with Gasteiger partial charge in [-0.25, -0.2) is 4.39 Å². The number of benzene rings is 1. The number of halogens is 1. The van der Waals surface area contributed by atoms with E-state index in [-0.39, 0.29) is 30.2 Å². The zero-order chi connectivity index (χ0) is 17.7. The van der Waals surface area contributed by atoms with Crippen LogP contribution in [-0.2, 0) is 4.79 Å². The first kappa shape index (κ1) is 18.1. The molecule has 0 bridgehead atoms.